The minimum atomic E-state index is -0.534. The van der Waals surface area contributed by atoms with Gasteiger partial charge in [0.15, 0.2) is 0 Å². The van der Waals surface area contributed by atoms with E-state index in [2.05, 4.69) is 50.3 Å². The van der Waals surface area contributed by atoms with Crippen LogP contribution in [-0.4, -0.2) is 37.0 Å². The van der Waals surface area contributed by atoms with E-state index in [0.717, 1.165) is 44.9 Å². The zero-order valence-corrected chi connectivity index (χ0v) is 25.2. The van der Waals surface area contributed by atoms with Crippen LogP contribution in [0.2, 0.25) is 0 Å². The van der Waals surface area contributed by atoms with Gasteiger partial charge in [-0.3, -0.25) is 4.79 Å². The number of allylic oxidation sites excluding steroid dienone is 6. The van der Waals surface area contributed by atoms with Gasteiger partial charge in [-0.1, -0.05) is 127 Å². The van der Waals surface area contributed by atoms with Crippen molar-refractivity contribution in [1.29, 1.82) is 0 Å². The molecule has 222 valence electrons. The van der Waals surface area contributed by atoms with E-state index in [1.54, 1.807) is 0 Å². The number of ether oxygens (including phenoxy) is 2. The van der Waals surface area contributed by atoms with Gasteiger partial charge >= 0.3 is 5.97 Å². The van der Waals surface area contributed by atoms with Gasteiger partial charge in [-0.25, -0.2) is 0 Å². The van der Waals surface area contributed by atoms with Crippen LogP contribution in [0.5, 0.6) is 0 Å². The second kappa shape index (κ2) is 31.8. The Morgan fingerprint density at radius 2 is 1.11 bits per heavy atom. The highest BCUT2D eigenvalue weighted by atomic mass is 16.6. The minimum Gasteiger partial charge on any atom is -0.457 e. The van der Waals surface area contributed by atoms with Crippen molar-refractivity contribution in [2.75, 3.05) is 19.8 Å². The van der Waals surface area contributed by atoms with Gasteiger partial charge < -0.3 is 14.6 Å². The number of carbonyl (C=O) groups is 1. The third kappa shape index (κ3) is 29.2. The van der Waals surface area contributed by atoms with Crippen molar-refractivity contribution in [3.63, 3.8) is 0 Å². The first kappa shape index (κ1) is 36.6. The Kier molecular flexibility index (Phi) is 30.7. The molecule has 1 atom stereocenters. The van der Waals surface area contributed by atoms with E-state index in [4.69, 9.17) is 9.47 Å². The third-order valence-corrected chi connectivity index (χ3v) is 6.72. The van der Waals surface area contributed by atoms with Crippen molar-refractivity contribution < 1.29 is 19.4 Å². The summed E-state index contributed by atoms with van der Waals surface area (Å²) in [4.78, 5) is 12.1. The summed E-state index contributed by atoms with van der Waals surface area (Å²) < 4.78 is 11.0. The smallest absolute Gasteiger partial charge is 0.306 e. The van der Waals surface area contributed by atoms with Gasteiger partial charge in [-0.05, 0) is 51.4 Å². The van der Waals surface area contributed by atoms with Crippen LogP contribution in [0.1, 0.15) is 149 Å². The van der Waals surface area contributed by atoms with Gasteiger partial charge in [0, 0.05) is 13.0 Å². The molecule has 0 radical (unpaired) electrons. The molecule has 4 nitrogen and oxygen atoms in total. The topological polar surface area (TPSA) is 55.8 Å². The number of hydrogen-bond acceptors (Lipinski definition) is 4. The molecule has 0 aliphatic rings. The van der Waals surface area contributed by atoms with Crippen LogP contribution < -0.4 is 0 Å². The van der Waals surface area contributed by atoms with Crippen LogP contribution in [0, 0.1) is 0 Å². The van der Waals surface area contributed by atoms with Gasteiger partial charge in [0.2, 0.25) is 0 Å². The summed E-state index contributed by atoms with van der Waals surface area (Å²) in [6.07, 6.45) is 37.4. The molecule has 1 N–H and O–H groups in total. The maximum absolute atomic E-state index is 12.1. The Morgan fingerprint density at radius 1 is 0.632 bits per heavy atom. The van der Waals surface area contributed by atoms with E-state index in [0.29, 0.717) is 19.6 Å². The number of aliphatic hydroxyl groups excluding tert-OH is 1. The fourth-order valence-corrected chi connectivity index (χ4v) is 4.27. The molecule has 0 bridgehead atoms. The molecule has 1 unspecified atom stereocenters. The van der Waals surface area contributed by atoms with E-state index < -0.39 is 6.10 Å². The second-order valence-electron chi connectivity index (χ2n) is 10.5. The average Bonchev–Trinajstić information content (AvgIpc) is 2.92. The number of esters is 1. The van der Waals surface area contributed by atoms with Crippen molar-refractivity contribution >= 4 is 5.97 Å². The molecule has 0 rings (SSSR count). The van der Waals surface area contributed by atoms with E-state index in [9.17, 15) is 9.90 Å². The minimum absolute atomic E-state index is 0.177. The van der Waals surface area contributed by atoms with Crippen molar-refractivity contribution in [2.24, 2.45) is 0 Å². The fourth-order valence-electron chi connectivity index (χ4n) is 4.27. The number of rotatable bonds is 29. The number of hydrogen-bond donors (Lipinski definition) is 1. The Morgan fingerprint density at radius 3 is 1.71 bits per heavy atom. The monoisotopic (exact) mass is 534 g/mol. The molecule has 0 amide bonds. The highest BCUT2D eigenvalue weighted by molar-refractivity contribution is 5.69. The SMILES string of the molecule is CCCCC/C=C\C/C=C\C/C=C\CCCCCCCCC(=O)OC(CO)COCCCCCCCCC. The zero-order valence-electron chi connectivity index (χ0n) is 25.2. The zero-order chi connectivity index (χ0) is 27.8. The van der Waals surface area contributed by atoms with Crippen LogP contribution in [0.4, 0.5) is 0 Å². The first-order valence-electron chi connectivity index (χ1n) is 16.1. The predicted molar refractivity (Wildman–Crippen MR) is 164 cm³/mol. The molecule has 0 aliphatic carbocycles. The Bertz CT molecular complexity index is 567. The first-order chi connectivity index (χ1) is 18.7. The summed E-state index contributed by atoms with van der Waals surface area (Å²) in [5.74, 6) is -0.217. The molecule has 0 aromatic carbocycles. The van der Waals surface area contributed by atoms with E-state index >= 15 is 0 Å². The fraction of sp³-hybridized carbons (Fsp3) is 0.794. The van der Waals surface area contributed by atoms with Gasteiger partial charge in [-0.15, -0.1) is 0 Å². The number of carbonyl (C=O) groups excluding carboxylic acids is 1. The Balaban J connectivity index is 3.50. The standard InChI is InChI=1S/C34H62O4/c1-3-5-7-9-11-12-13-14-15-16-17-18-19-20-21-22-23-25-27-29-34(36)38-33(31-35)32-37-30-28-26-24-10-8-6-4-2/h11-12,14-15,17-18,33,35H,3-10,13,16,19-32H2,1-2H3/b12-11-,15-14-,18-17-. The van der Waals surface area contributed by atoms with Crippen molar-refractivity contribution in [2.45, 2.75) is 155 Å². The molecule has 0 fully saturated rings. The lowest BCUT2D eigenvalue weighted by Gasteiger charge is -2.15. The maximum atomic E-state index is 12.1. The lowest BCUT2D eigenvalue weighted by molar-refractivity contribution is -0.154. The second-order valence-corrected chi connectivity index (χ2v) is 10.5. The maximum Gasteiger partial charge on any atom is 0.306 e. The van der Waals surface area contributed by atoms with Gasteiger partial charge in [0.1, 0.15) is 6.10 Å². The molecule has 0 aromatic rings. The van der Waals surface area contributed by atoms with Crippen molar-refractivity contribution in [3.05, 3.63) is 36.5 Å². The van der Waals surface area contributed by atoms with Gasteiger partial charge in [-0.2, -0.15) is 0 Å². The molecule has 0 aliphatic heterocycles. The van der Waals surface area contributed by atoms with Crippen molar-refractivity contribution in [1.82, 2.24) is 0 Å². The van der Waals surface area contributed by atoms with Crippen LogP contribution in [0.3, 0.4) is 0 Å². The first-order valence-corrected chi connectivity index (χ1v) is 16.1. The molecule has 4 heteroatoms. The summed E-state index contributed by atoms with van der Waals surface area (Å²) in [6, 6.07) is 0. The molecular weight excluding hydrogens is 472 g/mol. The lowest BCUT2D eigenvalue weighted by atomic mass is 10.1. The van der Waals surface area contributed by atoms with Gasteiger partial charge in [0.05, 0.1) is 13.2 Å². The highest BCUT2D eigenvalue weighted by Gasteiger charge is 2.13. The quantitative estimate of drug-likeness (QED) is 0.0589. The third-order valence-electron chi connectivity index (χ3n) is 6.72. The van der Waals surface area contributed by atoms with E-state index in [1.807, 2.05) is 0 Å². The summed E-state index contributed by atoms with van der Waals surface area (Å²) in [5, 5.41) is 9.46. The van der Waals surface area contributed by atoms with Crippen LogP contribution in [0.15, 0.2) is 36.5 Å². The van der Waals surface area contributed by atoms with Gasteiger partial charge in [0.25, 0.3) is 0 Å². The molecule has 0 heterocycles. The molecule has 0 spiro atoms. The molecule has 0 saturated heterocycles. The number of unbranched alkanes of at least 4 members (excludes halogenated alkanes) is 15. The Hall–Kier alpha value is -1.39. The number of aliphatic hydroxyl groups is 1. The predicted octanol–water partition coefficient (Wildman–Crippen LogP) is 9.81. The average molecular weight is 535 g/mol. The summed E-state index contributed by atoms with van der Waals surface area (Å²) in [6.45, 7) is 5.26. The van der Waals surface area contributed by atoms with Crippen molar-refractivity contribution in [3.8, 4) is 0 Å². The van der Waals surface area contributed by atoms with Crippen LogP contribution >= 0.6 is 0 Å². The Labute approximate surface area is 236 Å². The molecule has 0 aromatic heterocycles. The molecule has 0 saturated carbocycles. The summed E-state index contributed by atoms with van der Waals surface area (Å²) >= 11 is 0. The summed E-state index contributed by atoms with van der Waals surface area (Å²) in [5.41, 5.74) is 0. The summed E-state index contributed by atoms with van der Waals surface area (Å²) in [7, 11) is 0. The molecule has 38 heavy (non-hydrogen) atoms. The van der Waals surface area contributed by atoms with E-state index in [-0.39, 0.29) is 12.6 Å². The van der Waals surface area contributed by atoms with Crippen LogP contribution in [-0.2, 0) is 14.3 Å². The van der Waals surface area contributed by atoms with Crippen LogP contribution in [0.25, 0.3) is 0 Å². The normalized spacial score (nSPS) is 12.8. The molecular formula is C34H62O4. The highest BCUT2D eigenvalue weighted by Crippen LogP contribution is 2.11. The van der Waals surface area contributed by atoms with E-state index in [1.165, 1.54) is 83.5 Å². The largest absolute Gasteiger partial charge is 0.457 e. The lowest BCUT2D eigenvalue weighted by Crippen LogP contribution is -2.27.